The van der Waals surface area contributed by atoms with Crippen LogP contribution in [-0.4, -0.2) is 30.6 Å². The van der Waals surface area contributed by atoms with Crippen molar-refractivity contribution in [2.24, 2.45) is 0 Å². The SMILES string of the molecule is COc1ccc(OCCOc2ccccc2C)c(/C=C2\SC(=S)N(c3ccc(F)cc3)C2=O)c1. The predicted molar refractivity (Wildman–Crippen MR) is 137 cm³/mol. The number of thioether (sulfide) groups is 1. The van der Waals surface area contributed by atoms with Crippen LogP contribution < -0.4 is 19.1 Å². The fourth-order valence-corrected chi connectivity index (χ4v) is 4.63. The lowest BCUT2D eigenvalue weighted by Crippen LogP contribution is -2.27. The highest BCUT2D eigenvalue weighted by Gasteiger charge is 2.33. The summed E-state index contributed by atoms with van der Waals surface area (Å²) in [5, 5.41) is 0. The lowest BCUT2D eigenvalue weighted by Gasteiger charge is -2.14. The minimum atomic E-state index is -0.380. The topological polar surface area (TPSA) is 48.0 Å². The summed E-state index contributed by atoms with van der Waals surface area (Å²) in [7, 11) is 1.57. The number of nitrogens with zero attached hydrogens (tertiary/aromatic N) is 1. The fourth-order valence-electron chi connectivity index (χ4n) is 3.34. The van der Waals surface area contributed by atoms with Gasteiger partial charge >= 0.3 is 0 Å². The zero-order chi connectivity index (χ0) is 24.1. The van der Waals surface area contributed by atoms with Gasteiger partial charge in [0.2, 0.25) is 0 Å². The number of halogens is 1. The van der Waals surface area contributed by atoms with Gasteiger partial charge in [0.05, 0.1) is 17.7 Å². The van der Waals surface area contributed by atoms with Crippen LogP contribution in [0, 0.1) is 12.7 Å². The van der Waals surface area contributed by atoms with Crippen molar-refractivity contribution in [1.82, 2.24) is 0 Å². The Bertz CT molecular complexity index is 1240. The van der Waals surface area contributed by atoms with E-state index in [1.54, 1.807) is 31.4 Å². The quantitative estimate of drug-likeness (QED) is 0.217. The van der Waals surface area contributed by atoms with Crippen LogP contribution in [0.4, 0.5) is 10.1 Å². The minimum absolute atomic E-state index is 0.279. The van der Waals surface area contributed by atoms with E-state index in [-0.39, 0.29) is 11.7 Å². The van der Waals surface area contributed by atoms with E-state index in [0.717, 1.165) is 11.3 Å². The van der Waals surface area contributed by atoms with E-state index >= 15 is 0 Å². The van der Waals surface area contributed by atoms with Crippen LogP contribution in [0.3, 0.4) is 0 Å². The number of ether oxygens (including phenoxy) is 3. The Hall–Kier alpha value is -3.36. The van der Waals surface area contributed by atoms with Gasteiger partial charge in [0.25, 0.3) is 5.91 Å². The van der Waals surface area contributed by atoms with E-state index < -0.39 is 0 Å². The number of hydrogen-bond donors (Lipinski definition) is 0. The third kappa shape index (κ3) is 5.40. The summed E-state index contributed by atoms with van der Waals surface area (Å²) in [6.45, 7) is 2.67. The molecular formula is C26H22FNO4S2. The number of carbonyl (C=O) groups excluding carboxylic acids is 1. The Morgan fingerprint density at radius 3 is 2.41 bits per heavy atom. The van der Waals surface area contributed by atoms with Gasteiger partial charge < -0.3 is 14.2 Å². The van der Waals surface area contributed by atoms with E-state index in [4.69, 9.17) is 26.4 Å². The van der Waals surface area contributed by atoms with E-state index in [1.807, 2.05) is 31.2 Å². The van der Waals surface area contributed by atoms with Gasteiger partial charge in [0.15, 0.2) is 4.32 Å². The summed E-state index contributed by atoms with van der Waals surface area (Å²) in [5.74, 6) is 1.36. The number of thiocarbonyl (C=S) groups is 1. The van der Waals surface area contributed by atoms with Crippen LogP contribution in [0.2, 0.25) is 0 Å². The van der Waals surface area contributed by atoms with Gasteiger partial charge in [-0.1, -0.05) is 42.2 Å². The van der Waals surface area contributed by atoms with Crippen LogP contribution in [0.1, 0.15) is 11.1 Å². The van der Waals surface area contributed by atoms with Crippen LogP contribution in [-0.2, 0) is 4.79 Å². The Balaban J connectivity index is 1.51. The molecule has 5 nitrogen and oxygen atoms in total. The van der Waals surface area contributed by atoms with Crippen molar-refractivity contribution in [1.29, 1.82) is 0 Å². The molecule has 0 radical (unpaired) electrons. The molecule has 4 rings (SSSR count). The Labute approximate surface area is 207 Å². The molecule has 1 heterocycles. The molecule has 8 heteroatoms. The average molecular weight is 496 g/mol. The van der Waals surface area contributed by atoms with E-state index in [9.17, 15) is 9.18 Å². The largest absolute Gasteiger partial charge is 0.497 e. The molecule has 1 aliphatic heterocycles. The molecule has 0 atom stereocenters. The second-order valence-corrected chi connectivity index (χ2v) is 9.04. The maximum atomic E-state index is 13.3. The number of rotatable bonds is 8. The number of amides is 1. The van der Waals surface area contributed by atoms with Gasteiger partial charge in [0.1, 0.15) is 36.3 Å². The van der Waals surface area contributed by atoms with Gasteiger partial charge in [-0.25, -0.2) is 4.39 Å². The number of anilines is 1. The second-order valence-electron chi connectivity index (χ2n) is 7.36. The molecule has 0 bridgehead atoms. The molecule has 0 aromatic heterocycles. The molecule has 1 saturated heterocycles. The molecule has 1 aliphatic rings. The molecule has 0 saturated carbocycles. The molecule has 0 aliphatic carbocycles. The standard InChI is InChI=1S/C26H22FNO4S2/c1-17-5-3-4-6-22(17)31-13-14-32-23-12-11-21(30-2)15-18(23)16-24-25(29)28(26(33)34-24)20-9-7-19(27)8-10-20/h3-12,15-16H,13-14H2,1-2H3/b24-16-. The molecule has 1 amide bonds. The van der Waals surface area contributed by atoms with Crippen molar-refractivity contribution in [3.05, 3.63) is 88.6 Å². The van der Waals surface area contributed by atoms with Crippen molar-refractivity contribution in [2.45, 2.75) is 6.92 Å². The highest BCUT2D eigenvalue weighted by atomic mass is 32.2. The van der Waals surface area contributed by atoms with Gasteiger partial charge in [-0.2, -0.15) is 0 Å². The average Bonchev–Trinajstić information content (AvgIpc) is 3.11. The van der Waals surface area contributed by atoms with Crippen molar-refractivity contribution < 1.29 is 23.4 Å². The third-order valence-corrected chi connectivity index (χ3v) is 6.38. The molecule has 0 unspecified atom stereocenters. The molecule has 3 aromatic carbocycles. The zero-order valence-electron chi connectivity index (χ0n) is 18.6. The molecule has 0 spiro atoms. The normalized spacial score (nSPS) is 14.6. The smallest absolute Gasteiger partial charge is 0.270 e. The van der Waals surface area contributed by atoms with Crippen molar-refractivity contribution in [2.75, 3.05) is 25.2 Å². The number of methoxy groups -OCH3 is 1. The minimum Gasteiger partial charge on any atom is -0.497 e. The maximum absolute atomic E-state index is 13.3. The summed E-state index contributed by atoms with van der Waals surface area (Å²) in [6, 6.07) is 18.8. The first-order valence-electron chi connectivity index (χ1n) is 10.5. The first-order valence-corrected chi connectivity index (χ1v) is 11.7. The molecule has 3 aromatic rings. The maximum Gasteiger partial charge on any atom is 0.270 e. The first kappa shape index (κ1) is 23.8. The summed E-state index contributed by atoms with van der Waals surface area (Å²) in [5.41, 5.74) is 2.24. The monoisotopic (exact) mass is 495 g/mol. The van der Waals surface area contributed by atoms with Gasteiger partial charge in [0, 0.05) is 5.56 Å². The molecule has 1 fully saturated rings. The Morgan fingerprint density at radius 1 is 1.00 bits per heavy atom. The van der Waals surface area contributed by atoms with E-state index in [2.05, 4.69) is 0 Å². The Kier molecular flexibility index (Phi) is 7.49. The van der Waals surface area contributed by atoms with Crippen LogP contribution in [0.5, 0.6) is 17.2 Å². The highest BCUT2D eigenvalue weighted by molar-refractivity contribution is 8.27. The lowest BCUT2D eigenvalue weighted by atomic mass is 10.1. The highest BCUT2D eigenvalue weighted by Crippen LogP contribution is 2.38. The zero-order valence-corrected chi connectivity index (χ0v) is 20.3. The Morgan fingerprint density at radius 2 is 1.71 bits per heavy atom. The van der Waals surface area contributed by atoms with E-state index in [0.29, 0.717) is 45.2 Å². The number of hydrogen-bond acceptors (Lipinski definition) is 6. The molecule has 174 valence electrons. The summed E-state index contributed by atoms with van der Waals surface area (Å²) < 4.78 is 30.8. The number of para-hydroxylation sites is 1. The summed E-state index contributed by atoms with van der Waals surface area (Å²) >= 11 is 6.59. The van der Waals surface area contributed by atoms with Crippen LogP contribution >= 0.6 is 24.0 Å². The van der Waals surface area contributed by atoms with Crippen molar-refractivity contribution >= 4 is 46.0 Å². The van der Waals surface area contributed by atoms with Crippen LogP contribution in [0.15, 0.2) is 71.6 Å². The molecule has 0 N–H and O–H groups in total. The number of benzene rings is 3. The molecular weight excluding hydrogens is 473 g/mol. The lowest BCUT2D eigenvalue weighted by molar-refractivity contribution is -0.113. The van der Waals surface area contributed by atoms with Crippen molar-refractivity contribution in [3.63, 3.8) is 0 Å². The van der Waals surface area contributed by atoms with E-state index in [1.165, 1.54) is 40.9 Å². The summed E-state index contributed by atoms with van der Waals surface area (Å²) in [4.78, 5) is 14.9. The molecule has 34 heavy (non-hydrogen) atoms. The van der Waals surface area contributed by atoms with Crippen LogP contribution in [0.25, 0.3) is 6.08 Å². The van der Waals surface area contributed by atoms with Gasteiger partial charge in [-0.15, -0.1) is 0 Å². The second kappa shape index (κ2) is 10.7. The number of carbonyl (C=O) groups is 1. The van der Waals surface area contributed by atoms with Gasteiger partial charge in [-0.05, 0) is 67.1 Å². The van der Waals surface area contributed by atoms with Crippen molar-refractivity contribution in [3.8, 4) is 17.2 Å². The first-order chi connectivity index (χ1) is 16.5. The fraction of sp³-hybridized carbons (Fsp3) is 0.154. The number of aryl methyl sites for hydroxylation is 1. The third-order valence-electron chi connectivity index (χ3n) is 5.07. The predicted octanol–water partition coefficient (Wildman–Crippen LogP) is 6.01. The van der Waals surface area contributed by atoms with Gasteiger partial charge in [-0.3, -0.25) is 9.69 Å². The summed E-state index contributed by atoms with van der Waals surface area (Å²) in [6.07, 6.45) is 1.73.